The number of phenols is 1. The number of carbonyl (C=O) groups is 1. The summed E-state index contributed by atoms with van der Waals surface area (Å²) in [7, 11) is 1.66. The third-order valence-electron chi connectivity index (χ3n) is 4.20. The number of fused-ring (bicyclic) bond motifs is 1. The molecule has 0 atom stereocenters. The number of rotatable bonds is 7. The van der Waals surface area contributed by atoms with Crippen LogP contribution in [0.5, 0.6) is 5.75 Å². The summed E-state index contributed by atoms with van der Waals surface area (Å²) in [5, 5.41) is 13.3. The van der Waals surface area contributed by atoms with Crippen LogP contribution in [0.2, 0.25) is 0 Å². The van der Waals surface area contributed by atoms with Crippen LogP contribution in [0.3, 0.4) is 0 Å². The Bertz CT molecular complexity index is 853. The predicted molar refractivity (Wildman–Crippen MR) is 98.0 cm³/mol. The van der Waals surface area contributed by atoms with E-state index in [4.69, 9.17) is 4.74 Å². The Balaban J connectivity index is 1.71. The van der Waals surface area contributed by atoms with Crippen LogP contribution in [0.15, 0.2) is 54.6 Å². The lowest BCUT2D eigenvalue weighted by Gasteiger charge is -2.11. The molecule has 0 spiro atoms. The number of hydrogen-bond acceptors (Lipinski definition) is 3. The van der Waals surface area contributed by atoms with E-state index >= 15 is 0 Å². The molecule has 0 unspecified atom stereocenters. The van der Waals surface area contributed by atoms with E-state index < -0.39 is 0 Å². The fourth-order valence-electron chi connectivity index (χ4n) is 2.90. The predicted octanol–water partition coefficient (Wildman–Crippen LogP) is 2.97. The van der Waals surface area contributed by atoms with Gasteiger partial charge < -0.3 is 19.7 Å². The second-order valence-electron chi connectivity index (χ2n) is 5.91. The van der Waals surface area contributed by atoms with Crippen LogP contribution in [-0.2, 0) is 17.7 Å². The fraction of sp³-hybridized carbons (Fsp3) is 0.250. The molecule has 1 aromatic heterocycles. The van der Waals surface area contributed by atoms with Crippen molar-refractivity contribution in [2.75, 3.05) is 20.3 Å². The van der Waals surface area contributed by atoms with E-state index in [9.17, 15) is 9.90 Å². The Morgan fingerprint density at radius 3 is 2.68 bits per heavy atom. The normalized spacial score (nSPS) is 10.9. The number of nitrogens with zero attached hydrogens (tertiary/aromatic N) is 1. The van der Waals surface area contributed by atoms with Gasteiger partial charge in [0.1, 0.15) is 11.4 Å². The van der Waals surface area contributed by atoms with Crippen LogP contribution >= 0.6 is 0 Å². The Morgan fingerprint density at radius 1 is 1.16 bits per heavy atom. The molecule has 0 aliphatic carbocycles. The summed E-state index contributed by atoms with van der Waals surface area (Å²) in [6.45, 7) is 1.71. The van der Waals surface area contributed by atoms with Gasteiger partial charge in [0.2, 0.25) is 0 Å². The van der Waals surface area contributed by atoms with Gasteiger partial charge >= 0.3 is 0 Å². The first-order valence-electron chi connectivity index (χ1n) is 8.32. The summed E-state index contributed by atoms with van der Waals surface area (Å²) >= 11 is 0. The van der Waals surface area contributed by atoms with E-state index in [0.29, 0.717) is 31.8 Å². The third-order valence-corrected chi connectivity index (χ3v) is 4.20. The highest BCUT2D eigenvalue weighted by Gasteiger charge is 2.14. The van der Waals surface area contributed by atoms with Crippen LogP contribution in [0.25, 0.3) is 10.9 Å². The van der Waals surface area contributed by atoms with E-state index in [-0.39, 0.29) is 11.7 Å². The summed E-state index contributed by atoms with van der Waals surface area (Å²) in [5.74, 6) is 0.154. The van der Waals surface area contributed by atoms with Crippen LogP contribution in [-0.4, -0.2) is 35.8 Å². The van der Waals surface area contributed by atoms with E-state index in [1.165, 1.54) is 0 Å². The number of methoxy groups -OCH3 is 1. The molecule has 1 heterocycles. The second kappa shape index (κ2) is 7.85. The quantitative estimate of drug-likeness (QED) is 0.696. The second-order valence-corrected chi connectivity index (χ2v) is 5.91. The van der Waals surface area contributed by atoms with Gasteiger partial charge in [-0.25, -0.2) is 0 Å². The zero-order chi connectivity index (χ0) is 17.6. The van der Waals surface area contributed by atoms with Crippen LogP contribution in [0.1, 0.15) is 16.1 Å². The largest absolute Gasteiger partial charge is 0.508 e. The van der Waals surface area contributed by atoms with Crippen molar-refractivity contribution >= 4 is 16.8 Å². The monoisotopic (exact) mass is 338 g/mol. The van der Waals surface area contributed by atoms with Crippen LogP contribution in [0.4, 0.5) is 0 Å². The van der Waals surface area contributed by atoms with Crippen molar-refractivity contribution in [2.45, 2.75) is 13.0 Å². The zero-order valence-corrected chi connectivity index (χ0v) is 14.2. The highest BCUT2D eigenvalue weighted by Crippen LogP contribution is 2.20. The van der Waals surface area contributed by atoms with Gasteiger partial charge in [0, 0.05) is 31.1 Å². The minimum Gasteiger partial charge on any atom is -0.508 e. The molecule has 0 aliphatic rings. The Hall–Kier alpha value is -2.79. The van der Waals surface area contributed by atoms with E-state index in [1.54, 1.807) is 19.2 Å². The molecular weight excluding hydrogens is 316 g/mol. The molecule has 0 saturated carbocycles. The summed E-state index contributed by atoms with van der Waals surface area (Å²) in [6, 6.07) is 16.9. The maximum atomic E-state index is 12.6. The lowest BCUT2D eigenvalue weighted by Crippen LogP contribution is -2.28. The first kappa shape index (κ1) is 17.0. The van der Waals surface area contributed by atoms with Crippen LogP contribution in [0, 0.1) is 0 Å². The van der Waals surface area contributed by atoms with Gasteiger partial charge in [0.15, 0.2) is 0 Å². The van der Waals surface area contributed by atoms with E-state index in [1.807, 2.05) is 47.0 Å². The van der Waals surface area contributed by atoms with Crippen molar-refractivity contribution < 1.29 is 14.6 Å². The molecule has 25 heavy (non-hydrogen) atoms. The number of aromatic hydroxyl groups is 1. The van der Waals surface area contributed by atoms with Gasteiger partial charge in [0.05, 0.1) is 6.61 Å². The van der Waals surface area contributed by atoms with E-state index in [0.717, 1.165) is 16.5 Å². The van der Waals surface area contributed by atoms with Gasteiger partial charge in [-0.05, 0) is 36.2 Å². The first-order valence-corrected chi connectivity index (χ1v) is 8.32. The number of aromatic nitrogens is 1. The van der Waals surface area contributed by atoms with Crippen molar-refractivity contribution in [2.24, 2.45) is 0 Å². The number of para-hydroxylation sites is 1. The molecule has 0 aliphatic heterocycles. The summed E-state index contributed by atoms with van der Waals surface area (Å²) in [4.78, 5) is 12.6. The number of benzene rings is 2. The summed E-state index contributed by atoms with van der Waals surface area (Å²) in [6.07, 6.45) is 0.713. The minimum atomic E-state index is -0.0916. The molecule has 0 fully saturated rings. The molecule has 130 valence electrons. The van der Waals surface area contributed by atoms with Crippen molar-refractivity contribution in [3.05, 3.63) is 65.9 Å². The number of nitrogens with one attached hydrogen (secondary N) is 1. The highest BCUT2D eigenvalue weighted by molar-refractivity contribution is 5.98. The standard InChI is InChI=1S/C20H22N2O3/c1-25-13-12-22-18-5-3-2-4-16(18)14-19(22)20(24)21-11-10-15-6-8-17(23)9-7-15/h2-9,14,23H,10-13H2,1H3,(H,21,24). The fourth-order valence-corrected chi connectivity index (χ4v) is 2.90. The van der Waals surface area contributed by atoms with Gasteiger partial charge in [-0.15, -0.1) is 0 Å². The average molecular weight is 338 g/mol. The number of amides is 1. The number of ether oxygens (including phenoxy) is 1. The van der Waals surface area contributed by atoms with Gasteiger partial charge in [0.25, 0.3) is 5.91 Å². The molecule has 0 radical (unpaired) electrons. The van der Waals surface area contributed by atoms with Crippen molar-refractivity contribution in [3.63, 3.8) is 0 Å². The molecule has 2 N–H and O–H groups in total. The number of carbonyl (C=O) groups excluding carboxylic acids is 1. The maximum Gasteiger partial charge on any atom is 0.267 e. The molecule has 2 aromatic carbocycles. The molecule has 1 amide bonds. The molecule has 0 bridgehead atoms. The van der Waals surface area contributed by atoms with Crippen LogP contribution < -0.4 is 5.32 Å². The lowest BCUT2D eigenvalue weighted by molar-refractivity contribution is 0.0942. The minimum absolute atomic E-state index is 0.0916. The first-order chi connectivity index (χ1) is 12.2. The van der Waals surface area contributed by atoms with Gasteiger partial charge in [-0.2, -0.15) is 0 Å². The summed E-state index contributed by atoms with van der Waals surface area (Å²) < 4.78 is 7.17. The topological polar surface area (TPSA) is 63.5 Å². The van der Waals surface area contributed by atoms with Crippen molar-refractivity contribution in [3.8, 4) is 5.75 Å². The Labute approximate surface area is 146 Å². The molecule has 3 aromatic rings. The number of hydrogen-bond donors (Lipinski definition) is 2. The molecule has 0 saturated heterocycles. The third kappa shape index (κ3) is 4.00. The smallest absolute Gasteiger partial charge is 0.267 e. The maximum absolute atomic E-state index is 12.6. The molecule has 3 rings (SSSR count). The summed E-state index contributed by atoms with van der Waals surface area (Å²) in [5.41, 5.74) is 2.74. The van der Waals surface area contributed by atoms with E-state index in [2.05, 4.69) is 5.32 Å². The average Bonchev–Trinajstić information content (AvgIpc) is 3.00. The SMILES string of the molecule is COCCn1c(C(=O)NCCc2ccc(O)cc2)cc2ccccc21. The van der Waals surface area contributed by atoms with Crippen molar-refractivity contribution in [1.82, 2.24) is 9.88 Å². The Kier molecular flexibility index (Phi) is 5.36. The molecule has 5 heteroatoms. The van der Waals surface area contributed by atoms with Gasteiger partial charge in [-0.1, -0.05) is 30.3 Å². The van der Waals surface area contributed by atoms with Gasteiger partial charge in [-0.3, -0.25) is 4.79 Å². The molecular formula is C20H22N2O3. The Morgan fingerprint density at radius 2 is 1.92 bits per heavy atom. The lowest BCUT2D eigenvalue weighted by atomic mass is 10.1. The number of phenolic OH excluding ortho intramolecular Hbond substituents is 1. The van der Waals surface area contributed by atoms with Crippen molar-refractivity contribution in [1.29, 1.82) is 0 Å². The highest BCUT2D eigenvalue weighted by atomic mass is 16.5. The molecule has 5 nitrogen and oxygen atoms in total. The zero-order valence-electron chi connectivity index (χ0n) is 14.2.